The molecule has 0 aliphatic heterocycles. The summed E-state index contributed by atoms with van der Waals surface area (Å²) < 4.78 is 18.5. The van der Waals surface area contributed by atoms with Crippen molar-refractivity contribution in [1.82, 2.24) is 10.6 Å². The Kier molecular flexibility index (Phi) is 10.9. The smallest absolute Gasteiger partial charge is 0.134 e. The first-order valence-electron chi connectivity index (χ1n) is 6.66. The van der Waals surface area contributed by atoms with Crippen molar-refractivity contribution < 1.29 is 13.9 Å². The number of hydrogen-bond acceptors (Lipinski definition) is 4. The summed E-state index contributed by atoms with van der Waals surface area (Å²) in [7, 11) is 0. The van der Waals surface area contributed by atoms with Crippen LogP contribution in [0.2, 0.25) is 0 Å². The fourth-order valence-corrected chi connectivity index (χ4v) is 1.83. The minimum Gasteiger partial charge on any atom is -0.460 e. The second-order valence-corrected chi connectivity index (χ2v) is 4.42. The van der Waals surface area contributed by atoms with Gasteiger partial charge >= 0.3 is 0 Å². The number of benzene rings is 1. The molecule has 1 heterocycles. The van der Waals surface area contributed by atoms with Crippen LogP contribution < -0.4 is 10.6 Å². The fraction of sp³-hybridized carbons (Fsp3) is 0.333. The summed E-state index contributed by atoms with van der Waals surface area (Å²) in [6.45, 7) is 3.00. The zero-order valence-electron chi connectivity index (χ0n) is 12.0. The Hall–Kier alpha value is -1.11. The van der Waals surface area contributed by atoms with Gasteiger partial charge < -0.3 is 20.2 Å². The summed E-state index contributed by atoms with van der Waals surface area (Å²) in [4.78, 5) is 0. The van der Waals surface area contributed by atoms with E-state index in [1.807, 2.05) is 12.1 Å². The highest BCUT2D eigenvalue weighted by Crippen LogP contribution is 2.22. The first-order chi connectivity index (χ1) is 9.79. The van der Waals surface area contributed by atoms with Crippen LogP contribution in [0.1, 0.15) is 5.76 Å². The number of halogens is 3. The highest BCUT2D eigenvalue weighted by atomic mass is 35.5. The van der Waals surface area contributed by atoms with Crippen molar-refractivity contribution in [3.63, 3.8) is 0 Å². The Bertz CT molecular complexity index is 521. The van der Waals surface area contributed by atoms with Gasteiger partial charge in [-0.2, -0.15) is 0 Å². The standard InChI is InChI=1S/C15H19FN2O2.2ClH/c16-13-3-1-12(2-4-13)15-6-5-14(20-15)11-18-8-7-17-9-10-19;;/h1-6,17-19H,7-11H2;2*1H. The number of rotatable bonds is 8. The lowest BCUT2D eigenvalue weighted by Gasteiger charge is -2.03. The monoisotopic (exact) mass is 350 g/mol. The first-order valence-corrected chi connectivity index (χ1v) is 6.66. The topological polar surface area (TPSA) is 57.4 Å². The maximum atomic E-state index is 12.8. The molecule has 3 N–H and O–H groups in total. The van der Waals surface area contributed by atoms with Crippen molar-refractivity contribution in [2.24, 2.45) is 0 Å². The molecule has 2 aromatic rings. The third kappa shape index (κ3) is 6.77. The van der Waals surface area contributed by atoms with Crippen molar-refractivity contribution in [3.05, 3.63) is 48.0 Å². The summed E-state index contributed by atoms with van der Waals surface area (Å²) >= 11 is 0. The molecular weight excluding hydrogens is 330 g/mol. The van der Waals surface area contributed by atoms with Crippen molar-refractivity contribution in [2.75, 3.05) is 26.2 Å². The number of aliphatic hydroxyl groups excluding tert-OH is 1. The molecule has 0 aliphatic rings. The summed E-state index contributed by atoms with van der Waals surface area (Å²) in [6, 6.07) is 10.0. The minimum atomic E-state index is -0.252. The van der Waals surface area contributed by atoms with E-state index < -0.39 is 0 Å². The van der Waals surface area contributed by atoms with Crippen molar-refractivity contribution in [3.8, 4) is 11.3 Å². The Balaban J connectivity index is 0.00000220. The largest absolute Gasteiger partial charge is 0.460 e. The van der Waals surface area contributed by atoms with Gasteiger partial charge in [0.05, 0.1) is 13.2 Å². The highest BCUT2D eigenvalue weighted by Gasteiger charge is 2.04. The highest BCUT2D eigenvalue weighted by molar-refractivity contribution is 5.85. The van der Waals surface area contributed by atoms with Crippen LogP contribution in [0.15, 0.2) is 40.8 Å². The Morgan fingerprint density at radius 1 is 0.909 bits per heavy atom. The average Bonchev–Trinajstić information content (AvgIpc) is 2.92. The second-order valence-electron chi connectivity index (χ2n) is 4.42. The number of hydrogen-bond donors (Lipinski definition) is 3. The van der Waals surface area contributed by atoms with E-state index in [0.29, 0.717) is 13.1 Å². The van der Waals surface area contributed by atoms with E-state index in [1.165, 1.54) is 12.1 Å². The van der Waals surface area contributed by atoms with E-state index in [2.05, 4.69) is 10.6 Å². The van der Waals surface area contributed by atoms with Gasteiger partial charge in [0, 0.05) is 25.2 Å². The molecule has 7 heteroatoms. The van der Waals surface area contributed by atoms with Gasteiger partial charge in [-0.1, -0.05) is 0 Å². The maximum Gasteiger partial charge on any atom is 0.134 e. The molecule has 0 fully saturated rings. The average molecular weight is 351 g/mol. The van der Waals surface area contributed by atoms with Gasteiger partial charge in [0.1, 0.15) is 17.3 Å². The molecule has 0 atom stereocenters. The molecule has 1 aromatic carbocycles. The van der Waals surface area contributed by atoms with Crippen LogP contribution >= 0.6 is 24.8 Å². The lowest BCUT2D eigenvalue weighted by atomic mass is 10.2. The molecule has 2 rings (SSSR count). The third-order valence-electron chi connectivity index (χ3n) is 2.86. The molecule has 0 amide bonds. The van der Waals surface area contributed by atoms with Crippen LogP contribution in [0.4, 0.5) is 4.39 Å². The van der Waals surface area contributed by atoms with E-state index in [-0.39, 0.29) is 37.2 Å². The van der Waals surface area contributed by atoms with E-state index in [1.54, 1.807) is 12.1 Å². The van der Waals surface area contributed by atoms with Crippen LogP contribution in [0.3, 0.4) is 0 Å². The second kappa shape index (κ2) is 11.5. The predicted octanol–water partition coefficient (Wildman–Crippen LogP) is 2.60. The molecule has 0 unspecified atom stereocenters. The molecule has 4 nitrogen and oxygen atoms in total. The molecule has 124 valence electrons. The molecule has 0 saturated heterocycles. The van der Waals surface area contributed by atoms with Crippen molar-refractivity contribution in [1.29, 1.82) is 0 Å². The van der Waals surface area contributed by atoms with E-state index in [9.17, 15) is 4.39 Å². The van der Waals surface area contributed by atoms with Crippen LogP contribution in [-0.4, -0.2) is 31.3 Å². The molecule has 0 radical (unpaired) electrons. The van der Waals surface area contributed by atoms with Crippen molar-refractivity contribution >= 4 is 24.8 Å². The van der Waals surface area contributed by atoms with Crippen LogP contribution in [0.25, 0.3) is 11.3 Å². The summed E-state index contributed by atoms with van der Waals surface area (Å²) in [5, 5.41) is 14.9. The van der Waals surface area contributed by atoms with Gasteiger partial charge in [0.15, 0.2) is 0 Å². The number of aliphatic hydroxyl groups is 1. The van der Waals surface area contributed by atoms with Crippen molar-refractivity contribution in [2.45, 2.75) is 6.54 Å². The fourth-order valence-electron chi connectivity index (χ4n) is 1.83. The van der Waals surface area contributed by atoms with E-state index >= 15 is 0 Å². The zero-order valence-corrected chi connectivity index (χ0v) is 13.7. The molecule has 0 aliphatic carbocycles. The molecule has 0 bridgehead atoms. The molecule has 0 spiro atoms. The first kappa shape index (κ1) is 20.9. The predicted molar refractivity (Wildman–Crippen MR) is 90.3 cm³/mol. The van der Waals surface area contributed by atoms with E-state index in [0.717, 1.165) is 30.2 Å². The van der Waals surface area contributed by atoms with Crippen LogP contribution in [-0.2, 0) is 6.54 Å². The Labute approximate surface area is 141 Å². The summed E-state index contributed by atoms with van der Waals surface area (Å²) in [6.07, 6.45) is 0. The number of nitrogens with one attached hydrogen (secondary N) is 2. The van der Waals surface area contributed by atoms with Crippen LogP contribution in [0.5, 0.6) is 0 Å². The molecule has 22 heavy (non-hydrogen) atoms. The van der Waals surface area contributed by atoms with E-state index in [4.69, 9.17) is 9.52 Å². The summed E-state index contributed by atoms with van der Waals surface area (Å²) in [5.74, 6) is 1.32. The van der Waals surface area contributed by atoms with Gasteiger partial charge in [-0.15, -0.1) is 24.8 Å². The third-order valence-corrected chi connectivity index (χ3v) is 2.86. The molecular formula is C15H21Cl2FN2O2. The van der Waals surface area contributed by atoms with Gasteiger partial charge in [0.2, 0.25) is 0 Å². The number of furan rings is 1. The Morgan fingerprint density at radius 3 is 2.27 bits per heavy atom. The lowest BCUT2D eigenvalue weighted by Crippen LogP contribution is -2.28. The zero-order chi connectivity index (χ0) is 14.2. The lowest BCUT2D eigenvalue weighted by molar-refractivity contribution is 0.292. The molecule has 0 saturated carbocycles. The molecule has 1 aromatic heterocycles. The van der Waals surface area contributed by atoms with Gasteiger partial charge in [-0.3, -0.25) is 0 Å². The Morgan fingerprint density at radius 2 is 1.59 bits per heavy atom. The SMILES string of the molecule is Cl.Cl.OCCNCCNCc1ccc(-c2ccc(F)cc2)o1. The normalized spacial score (nSPS) is 9.91. The van der Waals surface area contributed by atoms with Crippen LogP contribution in [0, 0.1) is 5.82 Å². The summed E-state index contributed by atoms with van der Waals surface area (Å²) in [5.41, 5.74) is 0.863. The minimum absolute atomic E-state index is 0. The quantitative estimate of drug-likeness (QED) is 0.640. The maximum absolute atomic E-state index is 12.8. The van der Waals surface area contributed by atoms with Gasteiger partial charge in [-0.25, -0.2) is 4.39 Å². The van der Waals surface area contributed by atoms with Gasteiger partial charge in [-0.05, 0) is 36.4 Å². The van der Waals surface area contributed by atoms with Gasteiger partial charge in [0.25, 0.3) is 0 Å².